The molecule has 6 heteroatoms. The van der Waals surface area contributed by atoms with Crippen molar-refractivity contribution < 1.29 is 14.7 Å². The fraction of sp³-hybridized carbons (Fsp3) is 0.333. The lowest BCUT2D eigenvalue weighted by atomic mass is 10.2. The summed E-state index contributed by atoms with van der Waals surface area (Å²) in [6.07, 6.45) is 1.70. The number of rotatable bonds is 4. The van der Waals surface area contributed by atoms with Gasteiger partial charge in [0.25, 0.3) is 5.91 Å². The zero-order chi connectivity index (χ0) is 15.1. The highest BCUT2D eigenvalue weighted by atomic mass is 35.5. The summed E-state index contributed by atoms with van der Waals surface area (Å²) in [5.41, 5.74) is 1.21. The fourth-order valence-corrected chi connectivity index (χ4v) is 2.99. The number of nitrogens with zero attached hydrogens (tertiary/aromatic N) is 2. The van der Waals surface area contributed by atoms with Gasteiger partial charge in [0.15, 0.2) is 0 Å². The Morgan fingerprint density at radius 1 is 1.38 bits per heavy atom. The number of carbonyl (C=O) groups excluding carboxylic acids is 1. The van der Waals surface area contributed by atoms with Crippen LogP contribution in [-0.4, -0.2) is 39.0 Å². The van der Waals surface area contributed by atoms with E-state index in [1.165, 1.54) is 4.90 Å². The third kappa shape index (κ3) is 2.38. The van der Waals surface area contributed by atoms with Crippen molar-refractivity contribution in [1.29, 1.82) is 0 Å². The third-order valence-corrected chi connectivity index (χ3v) is 4.18. The second kappa shape index (κ2) is 5.07. The molecular weight excluding hydrogens is 292 g/mol. The van der Waals surface area contributed by atoms with Crippen LogP contribution in [0.25, 0.3) is 10.9 Å². The van der Waals surface area contributed by atoms with Crippen LogP contribution in [0, 0.1) is 0 Å². The second-order valence-electron chi connectivity index (χ2n) is 5.30. The van der Waals surface area contributed by atoms with Gasteiger partial charge in [-0.05, 0) is 18.9 Å². The molecule has 0 atom stereocenters. The van der Waals surface area contributed by atoms with Crippen LogP contribution in [0.3, 0.4) is 0 Å². The van der Waals surface area contributed by atoms with Crippen molar-refractivity contribution in [3.8, 4) is 0 Å². The van der Waals surface area contributed by atoms with Gasteiger partial charge in [0.1, 0.15) is 12.2 Å². The Hall–Kier alpha value is -2.01. The van der Waals surface area contributed by atoms with Crippen molar-refractivity contribution in [3.05, 3.63) is 35.0 Å². The summed E-state index contributed by atoms with van der Waals surface area (Å²) in [4.78, 5) is 25.1. The van der Waals surface area contributed by atoms with Gasteiger partial charge in [-0.2, -0.15) is 0 Å². The van der Waals surface area contributed by atoms with Crippen molar-refractivity contribution in [2.45, 2.75) is 18.9 Å². The van der Waals surface area contributed by atoms with Gasteiger partial charge >= 0.3 is 5.97 Å². The zero-order valence-electron chi connectivity index (χ0n) is 11.5. The lowest BCUT2D eigenvalue weighted by Crippen LogP contribution is -2.38. The molecule has 0 unspecified atom stereocenters. The molecular formula is C15H15ClN2O3. The monoisotopic (exact) mass is 306 g/mol. The van der Waals surface area contributed by atoms with Crippen molar-refractivity contribution in [2.75, 3.05) is 6.54 Å². The van der Waals surface area contributed by atoms with E-state index in [0.29, 0.717) is 10.7 Å². The topological polar surface area (TPSA) is 62.5 Å². The van der Waals surface area contributed by atoms with E-state index in [1.54, 1.807) is 11.6 Å². The van der Waals surface area contributed by atoms with E-state index in [-0.39, 0.29) is 18.5 Å². The maximum atomic E-state index is 12.7. The van der Waals surface area contributed by atoms with Gasteiger partial charge in [0, 0.05) is 24.0 Å². The summed E-state index contributed by atoms with van der Waals surface area (Å²) in [6, 6.07) is 7.49. The number of carboxylic acid groups (broad SMARTS) is 1. The minimum atomic E-state index is -1.01. The largest absolute Gasteiger partial charge is 0.480 e. The number of aryl methyl sites for hydroxylation is 1. The smallest absolute Gasteiger partial charge is 0.323 e. The highest BCUT2D eigenvalue weighted by Crippen LogP contribution is 2.33. The van der Waals surface area contributed by atoms with E-state index in [2.05, 4.69) is 0 Å². The van der Waals surface area contributed by atoms with Crippen LogP contribution in [0.15, 0.2) is 24.3 Å². The number of fused-ring (bicyclic) bond motifs is 1. The van der Waals surface area contributed by atoms with Crippen LogP contribution in [0.5, 0.6) is 0 Å². The number of carbonyl (C=O) groups is 2. The van der Waals surface area contributed by atoms with Crippen molar-refractivity contribution in [2.24, 2.45) is 7.05 Å². The van der Waals surface area contributed by atoms with E-state index >= 15 is 0 Å². The molecule has 5 nitrogen and oxygen atoms in total. The summed E-state index contributed by atoms with van der Waals surface area (Å²) < 4.78 is 1.73. The Kier molecular flexibility index (Phi) is 3.37. The maximum Gasteiger partial charge on any atom is 0.323 e. The van der Waals surface area contributed by atoms with Crippen molar-refractivity contribution in [3.63, 3.8) is 0 Å². The van der Waals surface area contributed by atoms with Crippen LogP contribution in [0.1, 0.15) is 23.3 Å². The summed E-state index contributed by atoms with van der Waals surface area (Å²) in [6.45, 7) is -0.290. The lowest BCUT2D eigenvalue weighted by Gasteiger charge is -2.20. The first-order chi connectivity index (χ1) is 10.0. The van der Waals surface area contributed by atoms with Crippen LogP contribution in [0.4, 0.5) is 0 Å². The molecule has 1 aromatic heterocycles. The van der Waals surface area contributed by atoms with Crippen LogP contribution in [0.2, 0.25) is 5.02 Å². The molecule has 0 bridgehead atoms. The van der Waals surface area contributed by atoms with Crippen LogP contribution < -0.4 is 0 Å². The average Bonchev–Trinajstić information content (AvgIpc) is 3.25. The van der Waals surface area contributed by atoms with Crippen LogP contribution >= 0.6 is 11.6 Å². The van der Waals surface area contributed by atoms with E-state index < -0.39 is 5.97 Å². The van der Waals surface area contributed by atoms with Gasteiger partial charge in [-0.25, -0.2) is 0 Å². The van der Waals surface area contributed by atoms with E-state index in [1.807, 2.05) is 24.3 Å². The van der Waals surface area contributed by atoms with Gasteiger partial charge in [0.2, 0.25) is 0 Å². The Labute approximate surface area is 126 Å². The van der Waals surface area contributed by atoms with Gasteiger partial charge < -0.3 is 14.6 Å². The Bertz CT molecular complexity index is 695. The number of para-hydroxylation sites is 1. The summed E-state index contributed by atoms with van der Waals surface area (Å²) >= 11 is 6.35. The average molecular weight is 307 g/mol. The molecule has 0 aliphatic heterocycles. The lowest BCUT2D eigenvalue weighted by molar-refractivity contribution is -0.137. The Morgan fingerprint density at radius 2 is 2.05 bits per heavy atom. The molecule has 0 spiro atoms. The number of carboxylic acids is 1. The predicted octanol–water partition coefficient (Wildman–Crippen LogP) is 2.52. The first kappa shape index (κ1) is 13.9. The standard InChI is InChI=1S/C15H15ClN2O3/c1-17-11-5-3-2-4-10(11)13(16)14(17)15(21)18(8-12(19)20)9-6-7-9/h2-5,9H,6-8H2,1H3,(H,19,20). The Morgan fingerprint density at radius 3 is 2.62 bits per heavy atom. The molecule has 1 fully saturated rings. The number of hydrogen-bond donors (Lipinski definition) is 1. The van der Waals surface area contributed by atoms with Gasteiger partial charge in [-0.1, -0.05) is 29.8 Å². The van der Waals surface area contributed by atoms with Gasteiger partial charge in [-0.3, -0.25) is 9.59 Å². The molecule has 1 N–H and O–H groups in total. The zero-order valence-corrected chi connectivity index (χ0v) is 12.3. The number of aromatic nitrogens is 1. The molecule has 1 saturated carbocycles. The molecule has 1 heterocycles. The van der Waals surface area contributed by atoms with Crippen molar-refractivity contribution in [1.82, 2.24) is 9.47 Å². The second-order valence-corrected chi connectivity index (χ2v) is 5.67. The minimum absolute atomic E-state index is 0.0164. The number of aliphatic carboxylic acids is 1. The molecule has 2 aromatic rings. The number of benzene rings is 1. The molecule has 110 valence electrons. The summed E-state index contributed by atoms with van der Waals surface area (Å²) in [5.74, 6) is -1.33. The summed E-state index contributed by atoms with van der Waals surface area (Å²) in [5, 5.41) is 10.2. The highest BCUT2D eigenvalue weighted by Gasteiger charge is 2.36. The van der Waals surface area contributed by atoms with E-state index in [0.717, 1.165) is 23.7 Å². The molecule has 0 radical (unpaired) electrons. The fourth-order valence-electron chi connectivity index (χ4n) is 2.62. The molecule has 1 aliphatic rings. The molecule has 1 amide bonds. The third-order valence-electron chi connectivity index (χ3n) is 3.80. The number of hydrogen-bond acceptors (Lipinski definition) is 2. The molecule has 0 saturated heterocycles. The first-order valence-corrected chi connectivity index (χ1v) is 7.14. The molecule has 21 heavy (non-hydrogen) atoms. The number of amides is 1. The van der Waals surface area contributed by atoms with E-state index in [9.17, 15) is 9.59 Å². The number of halogens is 1. The van der Waals surface area contributed by atoms with Crippen molar-refractivity contribution >= 4 is 34.4 Å². The SMILES string of the molecule is Cn1c(C(=O)N(CC(=O)O)C2CC2)c(Cl)c2ccccc21. The van der Waals surface area contributed by atoms with E-state index in [4.69, 9.17) is 16.7 Å². The molecule has 3 rings (SSSR count). The highest BCUT2D eigenvalue weighted by molar-refractivity contribution is 6.38. The van der Waals surface area contributed by atoms with Crippen LogP contribution in [-0.2, 0) is 11.8 Å². The van der Waals surface area contributed by atoms with Gasteiger partial charge in [-0.15, -0.1) is 0 Å². The molecule has 1 aliphatic carbocycles. The first-order valence-electron chi connectivity index (χ1n) is 6.76. The maximum absolute atomic E-state index is 12.7. The normalized spacial score (nSPS) is 14.4. The Balaban J connectivity index is 2.06. The quantitative estimate of drug-likeness (QED) is 0.944. The minimum Gasteiger partial charge on any atom is -0.480 e. The summed E-state index contributed by atoms with van der Waals surface area (Å²) in [7, 11) is 1.77. The van der Waals surface area contributed by atoms with Gasteiger partial charge in [0.05, 0.1) is 5.02 Å². The molecule has 1 aromatic carbocycles. The predicted molar refractivity (Wildman–Crippen MR) is 79.6 cm³/mol.